The van der Waals surface area contributed by atoms with Gasteiger partial charge in [-0.15, -0.1) is 0 Å². The highest BCUT2D eigenvalue weighted by molar-refractivity contribution is 5.83. The van der Waals surface area contributed by atoms with Gasteiger partial charge < -0.3 is 19.9 Å². The molecular formula is C24H40N2O6. The maximum atomic E-state index is 13.2. The van der Waals surface area contributed by atoms with Gasteiger partial charge in [0.2, 0.25) is 5.91 Å². The van der Waals surface area contributed by atoms with E-state index < -0.39 is 35.3 Å². The first-order valence-corrected chi connectivity index (χ1v) is 11.1. The number of hydrogen-bond donors (Lipinski definition) is 2. The lowest BCUT2D eigenvalue weighted by molar-refractivity contribution is -0.160. The van der Waals surface area contributed by atoms with E-state index in [-0.39, 0.29) is 23.6 Å². The minimum atomic E-state index is -0.799. The Balaban J connectivity index is 3.28. The number of carbonyl (C=O) groups is 3. The van der Waals surface area contributed by atoms with E-state index in [2.05, 4.69) is 11.9 Å². The number of allylic oxidation sites excluding steroid dienone is 1. The number of aliphatic hydroxyl groups excluding tert-OH is 1. The number of carbonyl (C=O) groups excluding carboxylic acids is 3. The van der Waals surface area contributed by atoms with Crippen LogP contribution < -0.4 is 5.32 Å². The molecule has 1 aliphatic rings. The molecule has 0 aromatic carbocycles. The van der Waals surface area contributed by atoms with Crippen LogP contribution >= 0.6 is 0 Å². The molecule has 1 unspecified atom stereocenters. The molecule has 2 N–H and O–H groups in total. The van der Waals surface area contributed by atoms with Gasteiger partial charge in [-0.05, 0) is 73.6 Å². The number of nitrogens with one attached hydrogen (secondary N) is 1. The number of esters is 1. The van der Waals surface area contributed by atoms with E-state index in [4.69, 9.17) is 9.47 Å². The Morgan fingerprint density at radius 2 is 1.72 bits per heavy atom. The van der Waals surface area contributed by atoms with E-state index in [9.17, 15) is 19.5 Å². The minimum absolute atomic E-state index is 0.116. The molecule has 8 heteroatoms. The molecule has 4 atom stereocenters. The van der Waals surface area contributed by atoms with Crippen LogP contribution in [0, 0.1) is 5.92 Å². The van der Waals surface area contributed by atoms with Crippen molar-refractivity contribution >= 4 is 18.0 Å². The van der Waals surface area contributed by atoms with Crippen LogP contribution in [0.1, 0.15) is 74.7 Å². The number of nitrogens with zero attached hydrogens (tertiary/aromatic N) is 1. The van der Waals surface area contributed by atoms with Crippen molar-refractivity contribution in [2.24, 2.45) is 5.92 Å². The predicted octanol–water partition coefficient (Wildman–Crippen LogP) is 4.26. The molecule has 0 radical (unpaired) electrons. The second kappa shape index (κ2) is 10.9. The Bertz CT molecular complexity index is 732. The Hall–Kier alpha value is -2.51. The van der Waals surface area contributed by atoms with Gasteiger partial charge in [-0.25, -0.2) is 9.59 Å². The fraction of sp³-hybridized carbons (Fsp3) is 0.708. The highest BCUT2D eigenvalue weighted by atomic mass is 16.6. The van der Waals surface area contributed by atoms with Crippen molar-refractivity contribution in [3.8, 4) is 0 Å². The second-order valence-electron chi connectivity index (χ2n) is 10.3. The van der Waals surface area contributed by atoms with Gasteiger partial charge in [-0.2, -0.15) is 0 Å². The maximum absolute atomic E-state index is 13.2. The molecule has 0 bridgehead atoms. The minimum Gasteiger partial charge on any atom is -0.511 e. The van der Waals surface area contributed by atoms with E-state index in [1.807, 2.05) is 19.1 Å². The van der Waals surface area contributed by atoms with E-state index in [0.717, 1.165) is 0 Å². The summed E-state index contributed by atoms with van der Waals surface area (Å²) in [5.41, 5.74) is -1.44. The van der Waals surface area contributed by atoms with Crippen molar-refractivity contribution in [1.82, 2.24) is 10.2 Å². The zero-order valence-electron chi connectivity index (χ0n) is 20.7. The summed E-state index contributed by atoms with van der Waals surface area (Å²) in [6, 6.07) is -1.83. The fourth-order valence-corrected chi connectivity index (χ4v) is 3.83. The summed E-state index contributed by atoms with van der Waals surface area (Å²) in [6.45, 7) is 17.4. The zero-order valence-corrected chi connectivity index (χ0v) is 20.7. The predicted molar refractivity (Wildman–Crippen MR) is 123 cm³/mol. The van der Waals surface area contributed by atoms with Crippen molar-refractivity contribution in [1.29, 1.82) is 0 Å². The molecule has 1 fully saturated rings. The van der Waals surface area contributed by atoms with E-state index in [1.165, 1.54) is 11.8 Å². The van der Waals surface area contributed by atoms with Crippen molar-refractivity contribution in [3.05, 3.63) is 24.5 Å². The van der Waals surface area contributed by atoms with E-state index in [1.54, 1.807) is 41.5 Å². The average molecular weight is 453 g/mol. The van der Waals surface area contributed by atoms with Crippen LogP contribution in [0.2, 0.25) is 0 Å². The smallest absolute Gasteiger partial charge is 0.411 e. The summed E-state index contributed by atoms with van der Waals surface area (Å²) < 4.78 is 11.2. The normalized spacial score (nSPS) is 22.5. The third kappa shape index (κ3) is 8.55. The Labute approximate surface area is 192 Å². The molecule has 0 spiro atoms. The molecule has 1 aliphatic heterocycles. The second-order valence-corrected chi connectivity index (χ2v) is 10.3. The summed E-state index contributed by atoms with van der Waals surface area (Å²) in [7, 11) is 0. The van der Waals surface area contributed by atoms with Gasteiger partial charge in [0.15, 0.2) is 0 Å². The van der Waals surface area contributed by atoms with Gasteiger partial charge in [0, 0.05) is 13.0 Å². The van der Waals surface area contributed by atoms with Crippen LogP contribution in [0.5, 0.6) is 0 Å². The van der Waals surface area contributed by atoms with Crippen molar-refractivity contribution in [2.75, 3.05) is 0 Å². The number of hydrogen-bond acceptors (Lipinski definition) is 6. The number of rotatable bonds is 7. The molecule has 2 amide bonds. The SMILES string of the molecule is C=C(O)C(CC[C@@H]1[C@H](C=CC)C[C@H](C(=O)OC(C)(C)C)N1C(=O)OC(C)(C)C)NC(C)=O. The lowest BCUT2D eigenvalue weighted by atomic mass is 9.93. The van der Waals surface area contributed by atoms with E-state index in [0.29, 0.717) is 19.3 Å². The van der Waals surface area contributed by atoms with Gasteiger partial charge in [0.25, 0.3) is 0 Å². The first-order chi connectivity index (χ1) is 14.6. The van der Waals surface area contributed by atoms with Gasteiger partial charge in [-0.1, -0.05) is 18.7 Å². The summed E-state index contributed by atoms with van der Waals surface area (Å²) in [4.78, 5) is 39.2. The first kappa shape index (κ1) is 27.5. The highest BCUT2D eigenvalue weighted by Gasteiger charge is 2.48. The average Bonchev–Trinajstić information content (AvgIpc) is 2.94. The zero-order chi connectivity index (χ0) is 24.9. The van der Waals surface area contributed by atoms with Crippen LogP contribution in [0.4, 0.5) is 4.79 Å². The number of amides is 2. The van der Waals surface area contributed by atoms with Crippen LogP contribution in [-0.2, 0) is 19.1 Å². The summed E-state index contributed by atoms with van der Waals surface area (Å²) in [6.07, 6.45) is 4.41. The van der Waals surface area contributed by atoms with Gasteiger partial charge in [0.05, 0.1) is 6.04 Å². The lowest BCUT2D eigenvalue weighted by Crippen LogP contribution is -2.49. The number of ether oxygens (including phenoxy) is 2. The van der Waals surface area contributed by atoms with Crippen LogP contribution in [0.25, 0.3) is 0 Å². The molecular weight excluding hydrogens is 412 g/mol. The molecule has 0 aromatic rings. The topological polar surface area (TPSA) is 105 Å². The summed E-state index contributed by atoms with van der Waals surface area (Å²) >= 11 is 0. The Kier molecular flexibility index (Phi) is 9.36. The van der Waals surface area contributed by atoms with Gasteiger partial charge in [-0.3, -0.25) is 9.69 Å². The molecule has 32 heavy (non-hydrogen) atoms. The monoisotopic (exact) mass is 452 g/mol. The molecule has 1 rings (SSSR count). The Morgan fingerprint density at radius 3 is 2.16 bits per heavy atom. The summed E-state index contributed by atoms with van der Waals surface area (Å²) in [5.74, 6) is -1.05. The number of aliphatic hydroxyl groups is 1. The Morgan fingerprint density at radius 1 is 1.16 bits per heavy atom. The molecule has 0 aromatic heterocycles. The van der Waals surface area contributed by atoms with Crippen LogP contribution in [0.15, 0.2) is 24.5 Å². The summed E-state index contributed by atoms with van der Waals surface area (Å²) in [5, 5.41) is 12.6. The molecule has 0 aliphatic carbocycles. The third-order valence-corrected chi connectivity index (χ3v) is 4.94. The molecule has 8 nitrogen and oxygen atoms in total. The van der Waals surface area contributed by atoms with Crippen LogP contribution in [0.3, 0.4) is 0 Å². The number of likely N-dealkylation sites (tertiary alicyclic amines) is 1. The molecule has 1 saturated heterocycles. The standard InChI is InChI=1S/C24H40N2O6/c1-10-11-17-14-20(21(29)31-23(4,5)6)26(22(30)32-24(7,8)9)19(17)13-12-18(15(2)27)25-16(3)28/h10-11,17-20,27H,2,12-14H2,1,3-9H3,(H,25,28)/t17-,18?,19-,20-/m1/s1. The first-order valence-electron chi connectivity index (χ1n) is 11.1. The van der Waals surface area contributed by atoms with Crippen molar-refractivity contribution in [2.45, 2.75) is 104 Å². The van der Waals surface area contributed by atoms with Crippen LogP contribution in [-0.4, -0.2) is 57.3 Å². The quantitative estimate of drug-likeness (QED) is 0.340. The third-order valence-electron chi connectivity index (χ3n) is 4.94. The van der Waals surface area contributed by atoms with E-state index >= 15 is 0 Å². The lowest BCUT2D eigenvalue weighted by Gasteiger charge is -2.34. The van der Waals surface area contributed by atoms with Crippen molar-refractivity contribution < 1.29 is 29.0 Å². The van der Waals surface area contributed by atoms with Gasteiger partial charge >= 0.3 is 12.1 Å². The molecule has 1 heterocycles. The van der Waals surface area contributed by atoms with Crippen molar-refractivity contribution in [3.63, 3.8) is 0 Å². The van der Waals surface area contributed by atoms with Gasteiger partial charge in [0.1, 0.15) is 23.0 Å². The highest BCUT2D eigenvalue weighted by Crippen LogP contribution is 2.37. The largest absolute Gasteiger partial charge is 0.511 e. The maximum Gasteiger partial charge on any atom is 0.411 e. The fourth-order valence-electron chi connectivity index (χ4n) is 3.83. The molecule has 182 valence electrons. The molecule has 0 saturated carbocycles.